The van der Waals surface area contributed by atoms with Gasteiger partial charge in [0.05, 0.1) is 0 Å². The van der Waals surface area contributed by atoms with Crippen LogP contribution in [0, 0.1) is 11.8 Å². The fourth-order valence-corrected chi connectivity index (χ4v) is 3.27. The van der Waals surface area contributed by atoms with Crippen LogP contribution < -0.4 is 11.1 Å². The van der Waals surface area contributed by atoms with Crippen LogP contribution >= 0.6 is 0 Å². The lowest BCUT2D eigenvalue weighted by molar-refractivity contribution is -0.127. The quantitative estimate of drug-likeness (QED) is 0.784. The minimum atomic E-state index is 0.102. The van der Waals surface area contributed by atoms with E-state index < -0.39 is 0 Å². The van der Waals surface area contributed by atoms with E-state index >= 15 is 0 Å². The third kappa shape index (κ3) is 5.06. The minimum Gasteiger partial charge on any atom is -0.355 e. The summed E-state index contributed by atoms with van der Waals surface area (Å²) in [5.74, 6) is 0.756. The summed E-state index contributed by atoms with van der Waals surface area (Å²) in [6.07, 6.45) is 2.97. The topological polar surface area (TPSA) is 58.4 Å². The second-order valence-electron chi connectivity index (χ2n) is 6.87. The Morgan fingerprint density at radius 1 is 1.25 bits per heavy atom. The molecule has 0 heterocycles. The molecule has 1 saturated carbocycles. The largest absolute Gasteiger partial charge is 0.355 e. The van der Waals surface area contributed by atoms with Crippen LogP contribution in [0.5, 0.6) is 0 Å². The summed E-state index contributed by atoms with van der Waals surface area (Å²) in [5.41, 5.74) is 5.99. The number of carbonyl (C=O) groups excluding carboxylic acids is 1. The average molecular weight is 283 g/mol. The molecule has 1 fully saturated rings. The molecule has 1 amide bonds. The van der Waals surface area contributed by atoms with Crippen LogP contribution in [0.15, 0.2) is 0 Å². The zero-order valence-electron chi connectivity index (χ0n) is 13.9. The number of hydrogen-bond donors (Lipinski definition) is 2. The monoisotopic (exact) mass is 283 g/mol. The average Bonchev–Trinajstić information content (AvgIpc) is 2.36. The number of hydrogen-bond acceptors (Lipinski definition) is 3. The van der Waals surface area contributed by atoms with E-state index in [1.165, 1.54) is 0 Å². The summed E-state index contributed by atoms with van der Waals surface area (Å²) in [6.45, 7) is 12.6. The number of carbonyl (C=O) groups is 1. The highest BCUT2D eigenvalue weighted by molar-refractivity contribution is 5.79. The molecule has 1 rings (SSSR count). The van der Waals surface area contributed by atoms with Crippen molar-refractivity contribution in [3.63, 3.8) is 0 Å². The molecule has 0 saturated heterocycles. The lowest BCUT2D eigenvalue weighted by Crippen LogP contribution is -2.46. The maximum absolute atomic E-state index is 12.3. The van der Waals surface area contributed by atoms with Gasteiger partial charge in [0.25, 0.3) is 0 Å². The Morgan fingerprint density at radius 3 is 2.40 bits per heavy atom. The molecular formula is C16H33N3O. The van der Waals surface area contributed by atoms with E-state index in [0.717, 1.165) is 32.4 Å². The first kappa shape index (κ1) is 17.4. The van der Waals surface area contributed by atoms with Gasteiger partial charge in [-0.3, -0.25) is 9.69 Å². The van der Waals surface area contributed by atoms with Crippen molar-refractivity contribution in [3.8, 4) is 0 Å². The predicted octanol–water partition coefficient (Wildman–Crippen LogP) is 1.98. The SMILES string of the molecule is CC1CCC(N)CC1C(=O)NCCN(C(C)C)C(C)C. The van der Waals surface area contributed by atoms with Gasteiger partial charge in [0, 0.05) is 37.1 Å². The molecular weight excluding hydrogens is 250 g/mol. The Hall–Kier alpha value is -0.610. The van der Waals surface area contributed by atoms with Crippen LogP contribution in [-0.4, -0.2) is 42.0 Å². The predicted molar refractivity (Wildman–Crippen MR) is 84.5 cm³/mol. The van der Waals surface area contributed by atoms with Gasteiger partial charge < -0.3 is 11.1 Å². The fourth-order valence-electron chi connectivity index (χ4n) is 3.27. The Bertz CT molecular complexity index is 296. The van der Waals surface area contributed by atoms with Gasteiger partial charge in [-0.2, -0.15) is 0 Å². The van der Waals surface area contributed by atoms with Crippen LogP contribution in [0.2, 0.25) is 0 Å². The summed E-state index contributed by atoms with van der Waals surface area (Å²) in [7, 11) is 0. The molecule has 3 unspecified atom stereocenters. The summed E-state index contributed by atoms with van der Waals surface area (Å²) < 4.78 is 0. The van der Waals surface area contributed by atoms with Gasteiger partial charge in [0.15, 0.2) is 0 Å². The van der Waals surface area contributed by atoms with Gasteiger partial charge in [-0.1, -0.05) is 6.92 Å². The lowest BCUT2D eigenvalue weighted by atomic mass is 9.78. The maximum Gasteiger partial charge on any atom is 0.223 e. The Labute approximate surface area is 124 Å². The third-order valence-electron chi connectivity index (χ3n) is 4.57. The second-order valence-corrected chi connectivity index (χ2v) is 6.87. The minimum absolute atomic E-state index is 0.102. The molecule has 0 radical (unpaired) electrons. The number of amides is 1. The lowest BCUT2D eigenvalue weighted by Gasteiger charge is -2.33. The maximum atomic E-state index is 12.3. The van der Waals surface area contributed by atoms with Gasteiger partial charge in [0.2, 0.25) is 5.91 Å². The highest BCUT2D eigenvalue weighted by Crippen LogP contribution is 2.29. The van der Waals surface area contributed by atoms with E-state index in [-0.39, 0.29) is 17.9 Å². The van der Waals surface area contributed by atoms with E-state index in [9.17, 15) is 4.79 Å². The summed E-state index contributed by atoms with van der Waals surface area (Å²) >= 11 is 0. The third-order valence-corrected chi connectivity index (χ3v) is 4.57. The van der Waals surface area contributed by atoms with Crippen LogP contribution in [0.1, 0.15) is 53.9 Å². The molecule has 0 aromatic rings. The van der Waals surface area contributed by atoms with E-state index in [2.05, 4.69) is 44.8 Å². The van der Waals surface area contributed by atoms with Crippen LogP contribution in [0.25, 0.3) is 0 Å². The normalized spacial score (nSPS) is 27.4. The highest BCUT2D eigenvalue weighted by atomic mass is 16.1. The molecule has 4 heteroatoms. The van der Waals surface area contributed by atoms with E-state index in [1.54, 1.807) is 0 Å². The molecule has 3 atom stereocenters. The number of rotatable bonds is 6. The molecule has 0 aromatic heterocycles. The van der Waals surface area contributed by atoms with Crippen LogP contribution in [0.4, 0.5) is 0 Å². The first-order chi connectivity index (χ1) is 9.32. The smallest absolute Gasteiger partial charge is 0.223 e. The van der Waals surface area contributed by atoms with Gasteiger partial charge in [0.1, 0.15) is 0 Å². The Kier molecular flexibility index (Phi) is 6.96. The molecule has 0 aliphatic heterocycles. The molecule has 1 aliphatic rings. The summed E-state index contributed by atoms with van der Waals surface area (Å²) in [6, 6.07) is 1.22. The first-order valence-electron chi connectivity index (χ1n) is 8.12. The van der Waals surface area contributed by atoms with Crippen molar-refractivity contribution in [2.75, 3.05) is 13.1 Å². The fraction of sp³-hybridized carbons (Fsp3) is 0.938. The summed E-state index contributed by atoms with van der Waals surface area (Å²) in [4.78, 5) is 14.7. The molecule has 20 heavy (non-hydrogen) atoms. The molecule has 118 valence electrons. The second kappa shape index (κ2) is 7.99. The van der Waals surface area contributed by atoms with Crippen LogP contribution in [-0.2, 0) is 4.79 Å². The van der Waals surface area contributed by atoms with Crippen molar-refractivity contribution >= 4 is 5.91 Å². The van der Waals surface area contributed by atoms with Gasteiger partial charge in [-0.05, 0) is 52.9 Å². The number of nitrogens with one attached hydrogen (secondary N) is 1. The van der Waals surface area contributed by atoms with E-state index in [0.29, 0.717) is 18.0 Å². The van der Waals surface area contributed by atoms with Gasteiger partial charge >= 0.3 is 0 Å². The Morgan fingerprint density at radius 2 is 1.85 bits per heavy atom. The zero-order chi connectivity index (χ0) is 15.3. The van der Waals surface area contributed by atoms with E-state index in [4.69, 9.17) is 5.73 Å². The van der Waals surface area contributed by atoms with Crippen molar-refractivity contribution in [1.82, 2.24) is 10.2 Å². The molecule has 1 aliphatic carbocycles. The molecule has 0 bridgehead atoms. The van der Waals surface area contributed by atoms with Crippen molar-refractivity contribution in [2.45, 2.75) is 72.0 Å². The molecule has 3 N–H and O–H groups in total. The zero-order valence-corrected chi connectivity index (χ0v) is 13.9. The Balaban J connectivity index is 2.39. The van der Waals surface area contributed by atoms with Crippen molar-refractivity contribution < 1.29 is 4.79 Å². The van der Waals surface area contributed by atoms with Crippen molar-refractivity contribution in [3.05, 3.63) is 0 Å². The van der Waals surface area contributed by atoms with Crippen LogP contribution in [0.3, 0.4) is 0 Å². The highest BCUT2D eigenvalue weighted by Gasteiger charge is 2.31. The number of nitrogens with two attached hydrogens (primary N) is 1. The molecule has 0 aromatic carbocycles. The molecule has 4 nitrogen and oxygen atoms in total. The number of nitrogens with zero attached hydrogens (tertiary/aromatic N) is 1. The van der Waals surface area contributed by atoms with Crippen molar-refractivity contribution in [1.29, 1.82) is 0 Å². The molecule has 0 spiro atoms. The van der Waals surface area contributed by atoms with Gasteiger partial charge in [-0.25, -0.2) is 0 Å². The standard InChI is InChI=1S/C16H33N3O/c1-11(2)19(12(3)4)9-8-18-16(20)15-10-14(17)7-6-13(15)5/h11-15H,6-10,17H2,1-5H3,(H,18,20). The van der Waals surface area contributed by atoms with E-state index in [1.807, 2.05) is 0 Å². The van der Waals surface area contributed by atoms with Crippen molar-refractivity contribution in [2.24, 2.45) is 17.6 Å². The summed E-state index contributed by atoms with van der Waals surface area (Å²) in [5, 5.41) is 3.11. The first-order valence-corrected chi connectivity index (χ1v) is 8.12. The van der Waals surface area contributed by atoms with Gasteiger partial charge in [-0.15, -0.1) is 0 Å².